The van der Waals surface area contributed by atoms with Gasteiger partial charge in [0.25, 0.3) is 0 Å². The molecule has 0 aromatic heterocycles. The Labute approximate surface area is 114 Å². The van der Waals surface area contributed by atoms with Crippen molar-refractivity contribution in [3.63, 3.8) is 0 Å². The molecule has 0 heterocycles. The molecule has 0 radical (unpaired) electrons. The molecule has 0 aliphatic rings. The van der Waals surface area contributed by atoms with E-state index in [2.05, 4.69) is 19.1 Å². The van der Waals surface area contributed by atoms with Crippen LogP contribution >= 0.6 is 0 Å². The van der Waals surface area contributed by atoms with Crippen molar-refractivity contribution in [2.24, 2.45) is 0 Å². The maximum Gasteiger partial charge on any atom is 0.125 e. The Morgan fingerprint density at radius 2 is 1.74 bits per heavy atom. The molecule has 0 bridgehead atoms. The Kier molecular flexibility index (Phi) is 4.58. The van der Waals surface area contributed by atoms with Gasteiger partial charge in [-0.3, -0.25) is 0 Å². The van der Waals surface area contributed by atoms with Gasteiger partial charge in [-0.25, -0.2) is 0 Å². The summed E-state index contributed by atoms with van der Waals surface area (Å²) < 4.78 is 5.29. The number of benzene rings is 2. The summed E-state index contributed by atoms with van der Waals surface area (Å²) in [4.78, 5) is 0. The van der Waals surface area contributed by atoms with Crippen molar-refractivity contribution >= 4 is 0 Å². The minimum atomic E-state index is -0.646. The predicted molar refractivity (Wildman–Crippen MR) is 77.5 cm³/mol. The fourth-order valence-electron chi connectivity index (χ4n) is 2.23. The molecule has 2 heteroatoms. The lowest BCUT2D eigenvalue weighted by Gasteiger charge is -2.15. The molecule has 100 valence electrons. The van der Waals surface area contributed by atoms with Gasteiger partial charge >= 0.3 is 0 Å². The van der Waals surface area contributed by atoms with Gasteiger partial charge in [0.15, 0.2) is 0 Å². The first-order valence-corrected chi connectivity index (χ1v) is 6.66. The Balaban J connectivity index is 2.25. The normalized spacial score (nSPS) is 12.2. The third-order valence-corrected chi connectivity index (χ3v) is 3.27. The molecule has 2 rings (SSSR count). The summed E-state index contributed by atoms with van der Waals surface area (Å²) >= 11 is 0. The zero-order valence-electron chi connectivity index (χ0n) is 11.5. The molecule has 0 amide bonds. The van der Waals surface area contributed by atoms with Gasteiger partial charge in [-0.2, -0.15) is 0 Å². The summed E-state index contributed by atoms with van der Waals surface area (Å²) in [7, 11) is 1.62. The van der Waals surface area contributed by atoms with Crippen LogP contribution in [0, 0.1) is 0 Å². The monoisotopic (exact) mass is 256 g/mol. The third-order valence-electron chi connectivity index (χ3n) is 3.27. The molecular formula is C17H20O2. The summed E-state index contributed by atoms with van der Waals surface area (Å²) in [6, 6.07) is 15.7. The van der Waals surface area contributed by atoms with E-state index in [9.17, 15) is 5.11 Å². The summed E-state index contributed by atoms with van der Waals surface area (Å²) in [6.45, 7) is 2.16. The zero-order valence-corrected chi connectivity index (χ0v) is 11.5. The lowest BCUT2D eigenvalue weighted by Crippen LogP contribution is -2.02. The number of aryl methyl sites for hydroxylation is 1. The van der Waals surface area contributed by atoms with Crippen LogP contribution in [-0.4, -0.2) is 12.2 Å². The van der Waals surface area contributed by atoms with Crippen LogP contribution in [0.1, 0.15) is 36.1 Å². The largest absolute Gasteiger partial charge is 0.496 e. The summed E-state index contributed by atoms with van der Waals surface area (Å²) in [5.74, 6) is 0.715. The fourth-order valence-corrected chi connectivity index (χ4v) is 2.23. The van der Waals surface area contributed by atoms with Gasteiger partial charge in [0.05, 0.1) is 7.11 Å². The highest BCUT2D eigenvalue weighted by Gasteiger charge is 2.14. The van der Waals surface area contributed by atoms with E-state index in [1.807, 2.05) is 36.4 Å². The Hall–Kier alpha value is -1.80. The first-order chi connectivity index (χ1) is 9.26. The fraction of sp³-hybridized carbons (Fsp3) is 0.294. The van der Waals surface area contributed by atoms with Gasteiger partial charge in [0, 0.05) is 5.56 Å². The van der Waals surface area contributed by atoms with Crippen LogP contribution in [0.2, 0.25) is 0 Å². The molecule has 0 aliphatic carbocycles. The van der Waals surface area contributed by atoms with E-state index in [0.717, 1.165) is 24.0 Å². The average molecular weight is 256 g/mol. The number of aliphatic hydroxyl groups excluding tert-OH is 1. The van der Waals surface area contributed by atoms with E-state index in [-0.39, 0.29) is 0 Å². The van der Waals surface area contributed by atoms with E-state index in [0.29, 0.717) is 5.75 Å². The lowest BCUT2D eigenvalue weighted by atomic mass is 9.99. The first-order valence-electron chi connectivity index (χ1n) is 6.66. The number of rotatable bonds is 5. The standard InChI is InChI=1S/C17H20O2/c1-3-6-13-9-11-14(12-10-13)17(18)15-7-4-5-8-16(15)19-2/h4-5,7-12,17-18H,3,6H2,1-2H3. The molecular weight excluding hydrogens is 236 g/mol. The van der Waals surface area contributed by atoms with Crippen LogP contribution in [0.15, 0.2) is 48.5 Å². The SMILES string of the molecule is CCCc1ccc(C(O)c2ccccc2OC)cc1. The summed E-state index contributed by atoms with van der Waals surface area (Å²) in [6.07, 6.45) is 1.56. The highest BCUT2D eigenvalue weighted by molar-refractivity contribution is 5.40. The number of para-hydroxylation sites is 1. The van der Waals surface area contributed by atoms with E-state index >= 15 is 0 Å². The molecule has 0 saturated heterocycles. The Morgan fingerprint density at radius 3 is 2.37 bits per heavy atom. The molecule has 2 aromatic carbocycles. The van der Waals surface area contributed by atoms with Gasteiger partial charge in [0.1, 0.15) is 11.9 Å². The highest BCUT2D eigenvalue weighted by Crippen LogP contribution is 2.29. The second kappa shape index (κ2) is 6.39. The van der Waals surface area contributed by atoms with Crippen LogP contribution in [0.4, 0.5) is 0 Å². The minimum Gasteiger partial charge on any atom is -0.496 e. The molecule has 0 saturated carbocycles. The van der Waals surface area contributed by atoms with E-state index in [4.69, 9.17) is 4.74 Å². The number of ether oxygens (including phenoxy) is 1. The number of aliphatic hydroxyl groups is 1. The van der Waals surface area contributed by atoms with Crippen molar-refractivity contribution in [1.82, 2.24) is 0 Å². The maximum atomic E-state index is 10.4. The molecule has 1 unspecified atom stereocenters. The highest BCUT2D eigenvalue weighted by atomic mass is 16.5. The smallest absolute Gasteiger partial charge is 0.125 e. The van der Waals surface area contributed by atoms with Crippen LogP contribution in [0.5, 0.6) is 5.75 Å². The third kappa shape index (κ3) is 3.15. The molecule has 0 spiro atoms. The molecule has 1 atom stereocenters. The van der Waals surface area contributed by atoms with Crippen molar-refractivity contribution in [3.8, 4) is 5.75 Å². The molecule has 0 fully saturated rings. The predicted octanol–water partition coefficient (Wildman–Crippen LogP) is 3.73. The maximum absolute atomic E-state index is 10.4. The van der Waals surface area contributed by atoms with E-state index in [1.54, 1.807) is 7.11 Å². The van der Waals surface area contributed by atoms with Crippen LogP contribution in [0.25, 0.3) is 0 Å². The Morgan fingerprint density at radius 1 is 1.05 bits per heavy atom. The number of hydrogen-bond donors (Lipinski definition) is 1. The van der Waals surface area contributed by atoms with Crippen LogP contribution < -0.4 is 4.74 Å². The minimum absolute atomic E-state index is 0.646. The first kappa shape index (κ1) is 13.6. The van der Waals surface area contributed by atoms with E-state index < -0.39 is 6.10 Å². The molecule has 0 aliphatic heterocycles. The second-order valence-electron chi connectivity index (χ2n) is 4.64. The van der Waals surface area contributed by atoms with Crippen LogP contribution in [-0.2, 0) is 6.42 Å². The van der Waals surface area contributed by atoms with Gasteiger partial charge in [-0.15, -0.1) is 0 Å². The van der Waals surface area contributed by atoms with E-state index in [1.165, 1.54) is 5.56 Å². The van der Waals surface area contributed by atoms with Gasteiger partial charge in [-0.05, 0) is 23.6 Å². The van der Waals surface area contributed by atoms with Crippen molar-refractivity contribution < 1.29 is 9.84 Å². The summed E-state index contributed by atoms with van der Waals surface area (Å²) in [5, 5.41) is 10.4. The molecule has 2 nitrogen and oxygen atoms in total. The van der Waals surface area contributed by atoms with Crippen molar-refractivity contribution in [2.45, 2.75) is 25.9 Å². The number of methoxy groups -OCH3 is 1. The molecule has 19 heavy (non-hydrogen) atoms. The molecule has 2 aromatic rings. The van der Waals surface area contributed by atoms with Crippen molar-refractivity contribution in [1.29, 1.82) is 0 Å². The van der Waals surface area contributed by atoms with Crippen molar-refractivity contribution in [3.05, 3.63) is 65.2 Å². The average Bonchev–Trinajstić information content (AvgIpc) is 2.47. The van der Waals surface area contributed by atoms with Crippen molar-refractivity contribution in [2.75, 3.05) is 7.11 Å². The topological polar surface area (TPSA) is 29.5 Å². The van der Waals surface area contributed by atoms with Gasteiger partial charge < -0.3 is 9.84 Å². The van der Waals surface area contributed by atoms with Gasteiger partial charge in [0.2, 0.25) is 0 Å². The van der Waals surface area contributed by atoms with Gasteiger partial charge in [-0.1, -0.05) is 55.8 Å². The second-order valence-corrected chi connectivity index (χ2v) is 4.64. The Bertz CT molecular complexity index is 517. The molecule has 1 N–H and O–H groups in total. The van der Waals surface area contributed by atoms with Crippen LogP contribution in [0.3, 0.4) is 0 Å². The zero-order chi connectivity index (χ0) is 13.7. The lowest BCUT2D eigenvalue weighted by molar-refractivity contribution is 0.214. The quantitative estimate of drug-likeness (QED) is 0.883. The summed E-state index contributed by atoms with van der Waals surface area (Å²) in [5.41, 5.74) is 3.00. The number of hydrogen-bond acceptors (Lipinski definition) is 2.